The highest BCUT2D eigenvalue weighted by atomic mass is 16.2. The van der Waals surface area contributed by atoms with Crippen LogP contribution in [0.15, 0.2) is 18.3 Å². The molecule has 1 heterocycles. The Morgan fingerprint density at radius 1 is 1.58 bits per heavy atom. The molecule has 1 saturated carbocycles. The van der Waals surface area contributed by atoms with Gasteiger partial charge < -0.3 is 10.0 Å². The minimum absolute atomic E-state index is 0.0489. The fraction of sp³-hybridized carbons (Fsp3) is 0.467. The van der Waals surface area contributed by atoms with Crippen LogP contribution in [0.4, 0.5) is 0 Å². The van der Waals surface area contributed by atoms with Gasteiger partial charge in [0.2, 0.25) is 0 Å². The van der Waals surface area contributed by atoms with Gasteiger partial charge in [0.15, 0.2) is 0 Å². The van der Waals surface area contributed by atoms with E-state index in [1.54, 1.807) is 18.3 Å². The topological polar surface area (TPSA) is 53.4 Å². The van der Waals surface area contributed by atoms with Gasteiger partial charge in [-0.25, -0.2) is 4.98 Å². The predicted molar refractivity (Wildman–Crippen MR) is 72.6 cm³/mol. The molecule has 0 atom stereocenters. The van der Waals surface area contributed by atoms with Gasteiger partial charge in [0.1, 0.15) is 12.3 Å². The van der Waals surface area contributed by atoms with Gasteiger partial charge in [-0.05, 0) is 31.4 Å². The van der Waals surface area contributed by atoms with Crippen molar-refractivity contribution in [2.45, 2.75) is 32.2 Å². The maximum absolute atomic E-state index is 12.5. The number of rotatable bonds is 4. The normalized spacial score (nSPS) is 13.6. The van der Waals surface area contributed by atoms with Crippen molar-refractivity contribution in [3.8, 4) is 11.8 Å². The Kier molecular flexibility index (Phi) is 4.53. The van der Waals surface area contributed by atoms with Crippen molar-refractivity contribution in [3.63, 3.8) is 0 Å². The lowest BCUT2D eigenvalue weighted by molar-refractivity contribution is 0.0737. The molecule has 1 aliphatic rings. The molecule has 4 heteroatoms. The van der Waals surface area contributed by atoms with Crippen molar-refractivity contribution in [1.29, 1.82) is 0 Å². The summed E-state index contributed by atoms with van der Waals surface area (Å²) >= 11 is 0. The number of amides is 1. The molecule has 1 N–H and O–H groups in total. The zero-order chi connectivity index (χ0) is 13.7. The lowest BCUT2D eigenvalue weighted by atomic mass is 10.1. The predicted octanol–water partition coefficient (Wildman–Crippen LogP) is 1.44. The van der Waals surface area contributed by atoms with E-state index in [0.29, 0.717) is 17.3 Å². The first-order valence-electron chi connectivity index (χ1n) is 6.63. The summed E-state index contributed by atoms with van der Waals surface area (Å²) in [5, 5.41) is 8.76. The van der Waals surface area contributed by atoms with Crippen LogP contribution in [0, 0.1) is 11.8 Å². The van der Waals surface area contributed by atoms with Crippen LogP contribution in [0.25, 0.3) is 0 Å². The highest BCUT2D eigenvalue weighted by Crippen LogP contribution is 2.28. The number of aliphatic hydroxyl groups excluding tert-OH is 1. The summed E-state index contributed by atoms with van der Waals surface area (Å²) in [6.07, 6.45) is 4.70. The van der Waals surface area contributed by atoms with E-state index in [9.17, 15) is 4.79 Å². The molecule has 0 aromatic carbocycles. The molecule has 0 spiro atoms. The van der Waals surface area contributed by atoms with Crippen molar-refractivity contribution >= 4 is 5.91 Å². The molecule has 19 heavy (non-hydrogen) atoms. The second kappa shape index (κ2) is 6.35. The largest absolute Gasteiger partial charge is 0.384 e. The Morgan fingerprint density at radius 3 is 3.00 bits per heavy atom. The lowest BCUT2D eigenvalue weighted by Crippen LogP contribution is -2.34. The number of aliphatic hydroxyl groups is 1. The second-order valence-corrected chi connectivity index (χ2v) is 4.59. The number of carbonyl (C=O) groups is 1. The molecule has 4 nitrogen and oxygen atoms in total. The van der Waals surface area contributed by atoms with Gasteiger partial charge in [-0.2, -0.15) is 0 Å². The summed E-state index contributed by atoms with van der Waals surface area (Å²) < 4.78 is 0. The Hall–Kier alpha value is -1.86. The van der Waals surface area contributed by atoms with Crippen LogP contribution in [0.5, 0.6) is 0 Å². The first kappa shape index (κ1) is 13.6. The average molecular weight is 258 g/mol. The highest BCUT2D eigenvalue weighted by molar-refractivity contribution is 5.95. The Labute approximate surface area is 113 Å². The van der Waals surface area contributed by atoms with Gasteiger partial charge in [-0.15, -0.1) is 0 Å². The Balaban J connectivity index is 2.26. The zero-order valence-electron chi connectivity index (χ0n) is 11.1. The minimum Gasteiger partial charge on any atom is -0.384 e. The Morgan fingerprint density at radius 2 is 2.37 bits per heavy atom. The van der Waals surface area contributed by atoms with Gasteiger partial charge in [0.25, 0.3) is 5.91 Å². The van der Waals surface area contributed by atoms with E-state index in [0.717, 1.165) is 25.8 Å². The molecule has 2 rings (SSSR count). The van der Waals surface area contributed by atoms with Gasteiger partial charge in [0, 0.05) is 18.8 Å². The van der Waals surface area contributed by atoms with Crippen LogP contribution in [-0.2, 0) is 0 Å². The summed E-state index contributed by atoms with van der Waals surface area (Å²) in [4.78, 5) is 18.6. The van der Waals surface area contributed by atoms with E-state index < -0.39 is 0 Å². The van der Waals surface area contributed by atoms with Crippen LogP contribution in [0.1, 0.15) is 42.2 Å². The van der Waals surface area contributed by atoms with Gasteiger partial charge >= 0.3 is 0 Å². The van der Waals surface area contributed by atoms with Crippen molar-refractivity contribution in [1.82, 2.24) is 9.88 Å². The van der Waals surface area contributed by atoms with E-state index in [1.165, 1.54) is 0 Å². The Bertz CT molecular complexity index is 512. The van der Waals surface area contributed by atoms with E-state index >= 15 is 0 Å². The van der Waals surface area contributed by atoms with Gasteiger partial charge in [-0.3, -0.25) is 4.79 Å². The number of hydrogen-bond acceptors (Lipinski definition) is 3. The number of carbonyl (C=O) groups excluding carboxylic acids is 1. The van der Waals surface area contributed by atoms with E-state index in [2.05, 4.69) is 23.7 Å². The van der Waals surface area contributed by atoms with Crippen molar-refractivity contribution in [2.75, 3.05) is 13.2 Å². The fourth-order valence-corrected chi connectivity index (χ4v) is 2.02. The summed E-state index contributed by atoms with van der Waals surface area (Å²) in [5.41, 5.74) is 0.979. The van der Waals surface area contributed by atoms with Crippen molar-refractivity contribution < 1.29 is 9.90 Å². The first-order valence-corrected chi connectivity index (χ1v) is 6.63. The summed E-state index contributed by atoms with van der Waals surface area (Å²) in [6.45, 7) is 2.60. The lowest BCUT2D eigenvalue weighted by Gasteiger charge is -2.21. The molecule has 100 valence electrons. The quantitative estimate of drug-likeness (QED) is 0.831. The van der Waals surface area contributed by atoms with Gasteiger partial charge in [-0.1, -0.05) is 18.8 Å². The molecule has 1 amide bonds. The minimum atomic E-state index is -0.218. The van der Waals surface area contributed by atoms with Crippen LogP contribution in [-0.4, -0.2) is 40.1 Å². The number of aromatic nitrogens is 1. The molecule has 0 bridgehead atoms. The molecule has 0 aliphatic heterocycles. The molecule has 1 fully saturated rings. The fourth-order valence-electron chi connectivity index (χ4n) is 2.02. The standard InChI is InChI=1S/C15H18N2O2/c1-2-10-17(13-7-8-13)15(19)14-12(6-4-11-18)5-3-9-16-14/h3,5,9,13,18H,2,7-8,10-11H2,1H3. The van der Waals surface area contributed by atoms with Crippen molar-refractivity contribution in [2.24, 2.45) is 0 Å². The highest BCUT2D eigenvalue weighted by Gasteiger charge is 2.33. The zero-order valence-corrected chi connectivity index (χ0v) is 11.1. The SMILES string of the molecule is CCCN(C(=O)c1ncccc1C#CCO)C1CC1. The monoisotopic (exact) mass is 258 g/mol. The first-order chi connectivity index (χ1) is 9.27. The van der Waals surface area contributed by atoms with E-state index in [4.69, 9.17) is 5.11 Å². The molecule has 0 saturated heterocycles. The maximum Gasteiger partial charge on any atom is 0.273 e. The van der Waals surface area contributed by atoms with E-state index in [1.807, 2.05) is 4.90 Å². The molecule has 1 aromatic heterocycles. The summed E-state index contributed by atoms with van der Waals surface area (Å²) in [5.74, 6) is 5.31. The molecular formula is C15H18N2O2. The maximum atomic E-state index is 12.5. The van der Waals surface area contributed by atoms with Crippen LogP contribution >= 0.6 is 0 Å². The molecule has 0 unspecified atom stereocenters. The third kappa shape index (κ3) is 3.33. The van der Waals surface area contributed by atoms with Crippen LogP contribution in [0.3, 0.4) is 0 Å². The smallest absolute Gasteiger partial charge is 0.273 e. The number of hydrogen-bond donors (Lipinski definition) is 1. The third-order valence-corrected chi connectivity index (χ3v) is 3.03. The average Bonchev–Trinajstić information content (AvgIpc) is 3.26. The number of nitrogens with zero attached hydrogens (tertiary/aromatic N) is 2. The molecule has 1 aromatic rings. The number of pyridine rings is 1. The summed E-state index contributed by atoms with van der Waals surface area (Å²) in [6, 6.07) is 3.88. The second-order valence-electron chi connectivity index (χ2n) is 4.59. The molecule has 0 radical (unpaired) electrons. The van der Waals surface area contributed by atoms with E-state index in [-0.39, 0.29) is 12.5 Å². The van der Waals surface area contributed by atoms with Crippen molar-refractivity contribution in [3.05, 3.63) is 29.6 Å². The third-order valence-electron chi connectivity index (χ3n) is 3.03. The molecular weight excluding hydrogens is 240 g/mol. The molecule has 1 aliphatic carbocycles. The van der Waals surface area contributed by atoms with Crippen LogP contribution in [0.2, 0.25) is 0 Å². The summed E-state index contributed by atoms with van der Waals surface area (Å²) in [7, 11) is 0. The van der Waals surface area contributed by atoms with Crippen LogP contribution < -0.4 is 0 Å². The van der Waals surface area contributed by atoms with Gasteiger partial charge in [0.05, 0.1) is 5.56 Å².